The lowest BCUT2D eigenvalue weighted by molar-refractivity contribution is 0.271. The molecule has 0 aromatic heterocycles. The number of benzene rings is 2. The first kappa shape index (κ1) is 18.8. The molecule has 0 saturated heterocycles. The Balaban J connectivity index is 1.99. The summed E-state index contributed by atoms with van der Waals surface area (Å²) in [6, 6.07) is 11.8. The molecule has 0 bridgehead atoms. The number of unbranched alkanes of at least 4 members (excludes halogenated alkanes) is 2. The van der Waals surface area contributed by atoms with E-state index in [-0.39, 0.29) is 5.82 Å². The molecule has 2 aromatic carbocycles. The van der Waals surface area contributed by atoms with Gasteiger partial charge in [0, 0.05) is 0 Å². The SMILES string of the molecule is CCCCCOc1ccc(/C=N/Nc2ccc(F)cc2)cc1OCC. The number of halogens is 1. The highest BCUT2D eigenvalue weighted by atomic mass is 19.1. The summed E-state index contributed by atoms with van der Waals surface area (Å²) >= 11 is 0. The van der Waals surface area contributed by atoms with E-state index in [1.165, 1.54) is 12.1 Å². The van der Waals surface area contributed by atoms with Crippen LogP contribution in [0.1, 0.15) is 38.7 Å². The van der Waals surface area contributed by atoms with Crippen molar-refractivity contribution in [3.05, 3.63) is 53.8 Å². The molecule has 0 aliphatic carbocycles. The summed E-state index contributed by atoms with van der Waals surface area (Å²) in [5.74, 6) is 1.19. The van der Waals surface area contributed by atoms with Gasteiger partial charge in [-0.05, 0) is 61.4 Å². The summed E-state index contributed by atoms with van der Waals surface area (Å²) in [5.41, 5.74) is 4.47. The minimum Gasteiger partial charge on any atom is -0.490 e. The fraction of sp³-hybridized carbons (Fsp3) is 0.350. The maximum Gasteiger partial charge on any atom is 0.161 e. The highest BCUT2D eigenvalue weighted by Gasteiger charge is 2.06. The van der Waals surface area contributed by atoms with E-state index in [2.05, 4.69) is 17.5 Å². The summed E-state index contributed by atoms with van der Waals surface area (Å²) in [6.45, 7) is 5.37. The molecule has 0 aliphatic rings. The standard InChI is InChI=1S/C20H25FN2O2/c1-3-5-6-13-25-19-12-7-16(14-20(19)24-4-2)15-22-23-18-10-8-17(21)9-11-18/h7-12,14-15,23H,3-6,13H2,1-2H3/b22-15+. The van der Waals surface area contributed by atoms with E-state index in [1.54, 1.807) is 18.3 Å². The molecule has 2 aromatic rings. The minimum atomic E-state index is -0.273. The molecule has 1 N–H and O–H groups in total. The molecule has 0 amide bonds. The van der Waals surface area contributed by atoms with Crippen molar-refractivity contribution in [1.82, 2.24) is 0 Å². The van der Waals surface area contributed by atoms with Crippen LogP contribution in [-0.4, -0.2) is 19.4 Å². The topological polar surface area (TPSA) is 42.8 Å². The molecular formula is C20H25FN2O2. The first-order valence-electron chi connectivity index (χ1n) is 8.67. The predicted octanol–water partition coefficient (Wildman–Crippen LogP) is 5.24. The van der Waals surface area contributed by atoms with Gasteiger partial charge in [-0.1, -0.05) is 19.8 Å². The van der Waals surface area contributed by atoms with E-state index in [0.29, 0.717) is 19.0 Å². The molecule has 134 valence electrons. The quantitative estimate of drug-likeness (QED) is 0.364. The molecule has 0 radical (unpaired) electrons. The summed E-state index contributed by atoms with van der Waals surface area (Å²) in [7, 11) is 0. The van der Waals surface area contributed by atoms with E-state index in [9.17, 15) is 4.39 Å². The van der Waals surface area contributed by atoms with E-state index >= 15 is 0 Å². The molecule has 0 atom stereocenters. The van der Waals surface area contributed by atoms with E-state index in [1.807, 2.05) is 25.1 Å². The van der Waals surface area contributed by atoms with Crippen molar-refractivity contribution >= 4 is 11.9 Å². The third-order valence-corrected chi connectivity index (χ3v) is 3.52. The van der Waals surface area contributed by atoms with Crippen LogP contribution in [0.5, 0.6) is 11.5 Å². The molecule has 0 aliphatic heterocycles. The number of ether oxygens (including phenoxy) is 2. The van der Waals surface area contributed by atoms with E-state index in [0.717, 1.165) is 36.3 Å². The lowest BCUT2D eigenvalue weighted by atomic mass is 10.2. The number of nitrogens with one attached hydrogen (secondary N) is 1. The highest BCUT2D eigenvalue weighted by Crippen LogP contribution is 2.28. The fourth-order valence-electron chi connectivity index (χ4n) is 2.23. The van der Waals surface area contributed by atoms with Gasteiger partial charge >= 0.3 is 0 Å². The second-order valence-electron chi connectivity index (χ2n) is 5.57. The molecule has 25 heavy (non-hydrogen) atoms. The Morgan fingerprint density at radius 1 is 1.00 bits per heavy atom. The van der Waals surface area contributed by atoms with Crippen molar-refractivity contribution in [3.63, 3.8) is 0 Å². The normalized spacial score (nSPS) is 10.8. The smallest absolute Gasteiger partial charge is 0.161 e. The Kier molecular flexibility index (Phi) is 7.76. The number of anilines is 1. The highest BCUT2D eigenvalue weighted by molar-refractivity contribution is 5.81. The maximum atomic E-state index is 12.9. The minimum absolute atomic E-state index is 0.273. The van der Waals surface area contributed by atoms with Crippen LogP contribution in [0.25, 0.3) is 0 Å². The largest absolute Gasteiger partial charge is 0.490 e. The predicted molar refractivity (Wildman–Crippen MR) is 100 cm³/mol. The number of hydrogen-bond acceptors (Lipinski definition) is 4. The van der Waals surface area contributed by atoms with E-state index < -0.39 is 0 Å². The lowest BCUT2D eigenvalue weighted by Crippen LogP contribution is -2.01. The van der Waals surface area contributed by atoms with Gasteiger partial charge < -0.3 is 9.47 Å². The summed E-state index contributed by atoms with van der Waals surface area (Å²) in [6.07, 6.45) is 5.04. The van der Waals surface area contributed by atoms with Crippen LogP contribution in [0.15, 0.2) is 47.6 Å². The summed E-state index contributed by atoms with van der Waals surface area (Å²) in [4.78, 5) is 0. The Hall–Kier alpha value is -2.56. The zero-order chi connectivity index (χ0) is 17.9. The van der Waals surface area contributed by atoms with Crippen molar-refractivity contribution < 1.29 is 13.9 Å². The zero-order valence-electron chi connectivity index (χ0n) is 14.8. The number of hydrazone groups is 1. The average molecular weight is 344 g/mol. The zero-order valence-corrected chi connectivity index (χ0v) is 14.8. The molecule has 0 unspecified atom stereocenters. The molecule has 0 spiro atoms. The van der Waals surface area contributed by atoms with Crippen molar-refractivity contribution in [2.45, 2.75) is 33.1 Å². The van der Waals surface area contributed by atoms with Crippen molar-refractivity contribution in [3.8, 4) is 11.5 Å². The molecule has 0 saturated carbocycles. The van der Waals surface area contributed by atoms with E-state index in [4.69, 9.17) is 9.47 Å². The third-order valence-electron chi connectivity index (χ3n) is 3.52. The summed E-state index contributed by atoms with van der Waals surface area (Å²) < 4.78 is 24.3. The Morgan fingerprint density at radius 2 is 1.80 bits per heavy atom. The van der Waals surface area contributed by atoms with Gasteiger partial charge in [-0.15, -0.1) is 0 Å². The van der Waals surface area contributed by atoms with Crippen LogP contribution < -0.4 is 14.9 Å². The fourth-order valence-corrected chi connectivity index (χ4v) is 2.23. The van der Waals surface area contributed by atoms with Gasteiger partial charge in [-0.3, -0.25) is 5.43 Å². The number of hydrogen-bond donors (Lipinski definition) is 1. The Morgan fingerprint density at radius 3 is 2.52 bits per heavy atom. The first-order valence-corrected chi connectivity index (χ1v) is 8.67. The third kappa shape index (κ3) is 6.45. The van der Waals surface area contributed by atoms with Gasteiger partial charge in [-0.25, -0.2) is 4.39 Å². The van der Waals surface area contributed by atoms with Crippen LogP contribution in [0.4, 0.5) is 10.1 Å². The van der Waals surface area contributed by atoms with Gasteiger partial charge in [0.1, 0.15) is 5.82 Å². The molecule has 0 heterocycles. The molecular weight excluding hydrogens is 319 g/mol. The maximum absolute atomic E-state index is 12.9. The van der Waals surface area contributed by atoms with Gasteiger partial charge in [0.05, 0.1) is 25.1 Å². The average Bonchev–Trinajstić information content (AvgIpc) is 2.62. The van der Waals surface area contributed by atoms with Gasteiger partial charge in [-0.2, -0.15) is 5.10 Å². The van der Waals surface area contributed by atoms with Gasteiger partial charge in [0.25, 0.3) is 0 Å². The molecule has 5 heteroatoms. The summed E-state index contributed by atoms with van der Waals surface area (Å²) in [5, 5.41) is 4.17. The van der Waals surface area contributed by atoms with Crippen molar-refractivity contribution in [1.29, 1.82) is 0 Å². The van der Waals surface area contributed by atoms with Crippen LogP contribution in [0, 0.1) is 5.82 Å². The first-order chi connectivity index (χ1) is 12.2. The van der Waals surface area contributed by atoms with Crippen molar-refractivity contribution in [2.24, 2.45) is 5.10 Å². The number of rotatable bonds is 10. The second-order valence-corrected chi connectivity index (χ2v) is 5.57. The number of nitrogens with zero attached hydrogens (tertiary/aromatic N) is 1. The second kappa shape index (κ2) is 10.3. The van der Waals surface area contributed by atoms with Crippen LogP contribution in [0.3, 0.4) is 0 Å². The van der Waals surface area contributed by atoms with Crippen molar-refractivity contribution in [2.75, 3.05) is 18.6 Å². The lowest BCUT2D eigenvalue weighted by Gasteiger charge is -2.12. The van der Waals surface area contributed by atoms with Crippen LogP contribution in [-0.2, 0) is 0 Å². The van der Waals surface area contributed by atoms with Crippen LogP contribution >= 0.6 is 0 Å². The molecule has 2 rings (SSSR count). The molecule has 4 nitrogen and oxygen atoms in total. The monoisotopic (exact) mass is 344 g/mol. The van der Waals surface area contributed by atoms with Gasteiger partial charge in [0.2, 0.25) is 0 Å². The Bertz CT molecular complexity index is 672. The van der Waals surface area contributed by atoms with Crippen LogP contribution in [0.2, 0.25) is 0 Å². The Labute approximate surface area is 148 Å². The van der Waals surface area contributed by atoms with Gasteiger partial charge in [0.15, 0.2) is 11.5 Å². The molecule has 0 fully saturated rings.